The molecule has 0 saturated heterocycles. The van der Waals surface area contributed by atoms with Crippen LogP contribution in [0.5, 0.6) is 0 Å². The number of amides is 1. The molecule has 1 amide bonds. The van der Waals surface area contributed by atoms with Crippen LogP contribution < -0.4 is 5.32 Å². The lowest BCUT2D eigenvalue weighted by Crippen LogP contribution is -2.38. The van der Waals surface area contributed by atoms with E-state index in [1.54, 1.807) is 17.9 Å². The van der Waals surface area contributed by atoms with Crippen molar-refractivity contribution in [2.45, 2.75) is 18.4 Å². The Hall–Kier alpha value is -0.550. The summed E-state index contributed by atoms with van der Waals surface area (Å²) in [6.45, 7) is 0. The molecule has 1 fully saturated rings. The first-order valence-corrected chi connectivity index (χ1v) is 5.97. The van der Waals surface area contributed by atoms with Gasteiger partial charge in [-0.15, -0.1) is 11.6 Å². The Bertz CT molecular complexity index is 400. The van der Waals surface area contributed by atoms with Gasteiger partial charge in [-0.05, 0) is 28.8 Å². The van der Waals surface area contributed by atoms with Crippen molar-refractivity contribution < 1.29 is 4.79 Å². The molecular formula is C9H11BrClN3O. The molecule has 0 radical (unpaired) electrons. The van der Waals surface area contributed by atoms with Gasteiger partial charge in [0.25, 0.3) is 5.91 Å². The van der Waals surface area contributed by atoms with Gasteiger partial charge < -0.3 is 5.32 Å². The van der Waals surface area contributed by atoms with Crippen molar-refractivity contribution in [3.63, 3.8) is 0 Å². The summed E-state index contributed by atoms with van der Waals surface area (Å²) in [4.78, 5) is 11.8. The van der Waals surface area contributed by atoms with Gasteiger partial charge in [0, 0.05) is 19.1 Å². The average Bonchev–Trinajstić information content (AvgIpc) is 2.86. The van der Waals surface area contributed by atoms with Crippen LogP contribution in [0.25, 0.3) is 0 Å². The maximum absolute atomic E-state index is 11.8. The van der Waals surface area contributed by atoms with E-state index >= 15 is 0 Å². The Balaban J connectivity index is 2.11. The molecule has 0 aromatic carbocycles. The van der Waals surface area contributed by atoms with Gasteiger partial charge in [0.1, 0.15) is 0 Å². The molecule has 82 valence electrons. The van der Waals surface area contributed by atoms with Crippen molar-refractivity contribution in [3.05, 3.63) is 16.4 Å². The van der Waals surface area contributed by atoms with Gasteiger partial charge in [0.05, 0.1) is 10.0 Å². The minimum Gasteiger partial charge on any atom is -0.344 e. The molecule has 1 aliphatic rings. The number of halogens is 2. The third kappa shape index (κ3) is 2.18. The SMILES string of the molecule is Cn1cc(Br)c(C(=O)NC2(CCl)CC2)n1. The quantitative estimate of drug-likeness (QED) is 0.862. The molecule has 0 spiro atoms. The monoisotopic (exact) mass is 291 g/mol. The van der Waals surface area contributed by atoms with Crippen LogP contribution in [0.1, 0.15) is 23.3 Å². The normalized spacial score (nSPS) is 17.5. The van der Waals surface area contributed by atoms with E-state index in [-0.39, 0.29) is 11.4 Å². The Morgan fingerprint density at radius 1 is 1.80 bits per heavy atom. The average molecular weight is 293 g/mol. The van der Waals surface area contributed by atoms with Gasteiger partial charge in [0.2, 0.25) is 0 Å². The minimum atomic E-state index is -0.185. The van der Waals surface area contributed by atoms with E-state index in [1.807, 2.05) is 0 Å². The second-order valence-corrected chi connectivity index (χ2v) is 4.99. The first kappa shape index (κ1) is 11.0. The predicted octanol–water partition coefficient (Wildman–Crippen LogP) is 1.68. The zero-order valence-corrected chi connectivity index (χ0v) is 10.6. The van der Waals surface area contributed by atoms with E-state index in [1.165, 1.54) is 0 Å². The number of carbonyl (C=O) groups excluding carboxylic acids is 1. The van der Waals surface area contributed by atoms with Crippen molar-refractivity contribution in [2.75, 3.05) is 5.88 Å². The summed E-state index contributed by atoms with van der Waals surface area (Å²) in [5.74, 6) is 0.295. The highest BCUT2D eigenvalue weighted by atomic mass is 79.9. The standard InChI is InChI=1S/C9H11BrClN3O/c1-14-4-6(10)7(13-14)8(15)12-9(5-11)2-3-9/h4H,2-3,5H2,1H3,(H,12,15). The van der Waals surface area contributed by atoms with Crippen LogP contribution in [0.4, 0.5) is 0 Å². The zero-order valence-electron chi connectivity index (χ0n) is 8.26. The van der Waals surface area contributed by atoms with Gasteiger partial charge in [-0.1, -0.05) is 0 Å². The van der Waals surface area contributed by atoms with Crippen LogP contribution in [0.3, 0.4) is 0 Å². The van der Waals surface area contributed by atoms with Crippen LogP contribution in [-0.2, 0) is 7.05 Å². The molecule has 1 saturated carbocycles. The van der Waals surface area contributed by atoms with E-state index in [9.17, 15) is 4.79 Å². The molecule has 1 aliphatic carbocycles. The molecule has 6 heteroatoms. The number of carbonyl (C=O) groups is 1. The third-order valence-corrected chi connectivity index (χ3v) is 3.58. The fraction of sp³-hybridized carbons (Fsp3) is 0.556. The Kier molecular flexibility index (Phi) is 2.77. The van der Waals surface area contributed by atoms with Crippen molar-refractivity contribution in [1.29, 1.82) is 0 Å². The van der Waals surface area contributed by atoms with Crippen LogP contribution in [-0.4, -0.2) is 27.1 Å². The maximum atomic E-state index is 11.8. The fourth-order valence-electron chi connectivity index (χ4n) is 1.36. The lowest BCUT2D eigenvalue weighted by molar-refractivity contribution is 0.0929. The molecule has 1 heterocycles. The van der Waals surface area contributed by atoms with E-state index in [4.69, 9.17) is 11.6 Å². The lowest BCUT2D eigenvalue weighted by Gasteiger charge is -2.12. The topological polar surface area (TPSA) is 46.9 Å². The Labute approximate surface area is 101 Å². The number of rotatable bonds is 3. The Morgan fingerprint density at radius 2 is 2.47 bits per heavy atom. The van der Waals surface area contributed by atoms with Gasteiger partial charge >= 0.3 is 0 Å². The zero-order chi connectivity index (χ0) is 11.1. The molecule has 0 bridgehead atoms. The predicted molar refractivity (Wildman–Crippen MR) is 61.1 cm³/mol. The molecular weight excluding hydrogens is 281 g/mol. The Morgan fingerprint density at radius 3 is 2.87 bits per heavy atom. The highest BCUT2D eigenvalue weighted by molar-refractivity contribution is 9.10. The van der Waals surface area contributed by atoms with E-state index in [0.29, 0.717) is 16.0 Å². The second kappa shape index (κ2) is 3.79. The van der Waals surface area contributed by atoms with Gasteiger partial charge in [0.15, 0.2) is 5.69 Å². The highest BCUT2D eigenvalue weighted by Crippen LogP contribution is 2.36. The van der Waals surface area contributed by atoms with E-state index in [2.05, 4.69) is 26.3 Å². The molecule has 15 heavy (non-hydrogen) atoms. The third-order valence-electron chi connectivity index (χ3n) is 2.49. The number of aryl methyl sites for hydroxylation is 1. The summed E-state index contributed by atoms with van der Waals surface area (Å²) in [7, 11) is 1.77. The van der Waals surface area contributed by atoms with Crippen LogP contribution in [0.15, 0.2) is 10.7 Å². The number of hydrogen-bond donors (Lipinski definition) is 1. The van der Waals surface area contributed by atoms with Crippen molar-refractivity contribution in [1.82, 2.24) is 15.1 Å². The van der Waals surface area contributed by atoms with Crippen molar-refractivity contribution in [3.8, 4) is 0 Å². The molecule has 1 aromatic heterocycles. The first-order chi connectivity index (χ1) is 7.06. The van der Waals surface area contributed by atoms with Crippen LogP contribution in [0, 0.1) is 0 Å². The summed E-state index contributed by atoms with van der Waals surface area (Å²) in [5, 5.41) is 6.98. The minimum absolute atomic E-state index is 0.166. The number of nitrogens with zero attached hydrogens (tertiary/aromatic N) is 2. The summed E-state index contributed by atoms with van der Waals surface area (Å²) >= 11 is 9.07. The van der Waals surface area contributed by atoms with Crippen LogP contribution >= 0.6 is 27.5 Å². The fourth-order valence-corrected chi connectivity index (χ4v) is 2.25. The molecule has 1 aromatic rings. The van der Waals surface area contributed by atoms with E-state index in [0.717, 1.165) is 12.8 Å². The summed E-state index contributed by atoms with van der Waals surface area (Å²) in [5.41, 5.74) is 0.226. The molecule has 1 N–H and O–H groups in total. The van der Waals surface area contributed by atoms with Crippen LogP contribution in [0.2, 0.25) is 0 Å². The van der Waals surface area contributed by atoms with Gasteiger partial charge in [-0.25, -0.2) is 0 Å². The smallest absolute Gasteiger partial charge is 0.273 e. The number of aromatic nitrogens is 2. The van der Waals surface area contributed by atoms with Gasteiger partial charge in [-0.2, -0.15) is 5.10 Å². The van der Waals surface area contributed by atoms with Crippen molar-refractivity contribution >= 4 is 33.4 Å². The molecule has 0 unspecified atom stereocenters. The lowest BCUT2D eigenvalue weighted by atomic mass is 10.3. The summed E-state index contributed by atoms with van der Waals surface area (Å²) in [6, 6.07) is 0. The van der Waals surface area contributed by atoms with Crippen molar-refractivity contribution in [2.24, 2.45) is 7.05 Å². The van der Waals surface area contributed by atoms with Gasteiger partial charge in [-0.3, -0.25) is 9.48 Å². The maximum Gasteiger partial charge on any atom is 0.273 e. The first-order valence-electron chi connectivity index (χ1n) is 4.64. The molecule has 4 nitrogen and oxygen atoms in total. The molecule has 2 rings (SSSR count). The van der Waals surface area contributed by atoms with E-state index < -0.39 is 0 Å². The number of alkyl halides is 1. The number of nitrogens with one attached hydrogen (secondary N) is 1. The summed E-state index contributed by atoms with van der Waals surface area (Å²) < 4.78 is 2.30. The second-order valence-electron chi connectivity index (χ2n) is 3.87. The molecule has 0 atom stereocenters. The summed E-state index contributed by atoms with van der Waals surface area (Å²) in [6.07, 6.45) is 3.65. The largest absolute Gasteiger partial charge is 0.344 e. The molecule has 0 aliphatic heterocycles. The highest BCUT2D eigenvalue weighted by Gasteiger charge is 2.43. The number of hydrogen-bond acceptors (Lipinski definition) is 2.